The predicted octanol–water partition coefficient (Wildman–Crippen LogP) is 2.41. The highest BCUT2D eigenvalue weighted by atomic mass is 31.2. The summed E-state index contributed by atoms with van der Waals surface area (Å²) < 4.78 is 26.1. The van der Waals surface area contributed by atoms with Crippen molar-refractivity contribution < 1.29 is 18.3 Å². The van der Waals surface area contributed by atoms with E-state index in [0.717, 1.165) is 47.9 Å². The maximum absolute atomic E-state index is 13.7. The minimum absolute atomic E-state index is 0.470. The molecule has 1 aliphatic rings. The summed E-state index contributed by atoms with van der Waals surface area (Å²) in [6, 6.07) is 19.0. The summed E-state index contributed by atoms with van der Waals surface area (Å²) in [6.45, 7) is 4.83. The minimum Gasteiger partial charge on any atom is -0.370 e. The van der Waals surface area contributed by atoms with Crippen LogP contribution in [0.15, 0.2) is 60.7 Å². The third kappa shape index (κ3) is 3.96. The Morgan fingerprint density at radius 3 is 1.96 bits per heavy atom. The maximum Gasteiger partial charge on any atom is 0.261 e. The first kappa shape index (κ1) is 17.4. The maximum atomic E-state index is 13.7. The van der Waals surface area contributed by atoms with Gasteiger partial charge in [-0.2, -0.15) is 0 Å². The van der Waals surface area contributed by atoms with Gasteiger partial charge < -0.3 is 13.7 Å². The van der Waals surface area contributed by atoms with Crippen LogP contribution in [0.1, 0.15) is 0 Å². The molecule has 0 saturated carbocycles. The summed E-state index contributed by atoms with van der Waals surface area (Å²) in [4.78, 5) is 0. The molecular formula is C19H25NO3P+. The average molecular weight is 346 g/mol. The Balaban J connectivity index is 1.78. The van der Waals surface area contributed by atoms with Gasteiger partial charge in [0.05, 0.1) is 20.3 Å². The lowest BCUT2D eigenvalue weighted by molar-refractivity contribution is -0.916. The molecule has 5 heteroatoms. The van der Waals surface area contributed by atoms with E-state index in [2.05, 4.69) is 7.05 Å². The first-order valence-electron chi connectivity index (χ1n) is 8.40. The predicted molar refractivity (Wildman–Crippen MR) is 97.3 cm³/mol. The van der Waals surface area contributed by atoms with E-state index in [9.17, 15) is 4.57 Å². The zero-order chi connectivity index (χ0) is 16.9. The van der Waals surface area contributed by atoms with Crippen molar-refractivity contribution in [3.63, 3.8) is 0 Å². The highest BCUT2D eigenvalue weighted by Gasteiger charge is 2.31. The Labute approximate surface area is 144 Å². The molecule has 24 heavy (non-hydrogen) atoms. The fourth-order valence-corrected chi connectivity index (χ4v) is 5.01. The molecule has 3 rings (SSSR count). The third-order valence-electron chi connectivity index (χ3n) is 4.65. The smallest absolute Gasteiger partial charge is 0.261 e. The van der Waals surface area contributed by atoms with E-state index in [1.807, 2.05) is 60.7 Å². The highest BCUT2D eigenvalue weighted by Crippen LogP contribution is 2.44. The Hall–Kier alpha value is -1.45. The molecule has 1 heterocycles. The quantitative estimate of drug-likeness (QED) is 0.595. The normalized spacial score (nSPS) is 17.5. The lowest BCUT2D eigenvalue weighted by Crippen LogP contribution is -2.53. The number of likely N-dealkylation sites (N-methyl/N-ethyl adjacent to an activating group) is 1. The molecule has 0 aromatic heterocycles. The molecule has 0 aliphatic carbocycles. The van der Waals surface area contributed by atoms with Gasteiger partial charge in [-0.05, 0) is 24.3 Å². The van der Waals surface area contributed by atoms with Gasteiger partial charge in [0.25, 0.3) is 7.37 Å². The first-order chi connectivity index (χ1) is 11.6. The van der Waals surface area contributed by atoms with Crippen LogP contribution < -0.4 is 10.6 Å². The fraction of sp³-hybridized carbons (Fsp3) is 0.368. The van der Waals surface area contributed by atoms with Crippen LogP contribution >= 0.6 is 7.37 Å². The van der Waals surface area contributed by atoms with Crippen molar-refractivity contribution in [3.05, 3.63) is 60.7 Å². The van der Waals surface area contributed by atoms with E-state index >= 15 is 0 Å². The number of quaternary nitrogens is 1. The van der Waals surface area contributed by atoms with Gasteiger partial charge >= 0.3 is 0 Å². The summed E-state index contributed by atoms with van der Waals surface area (Å²) in [6.07, 6.45) is 0. The fourth-order valence-electron chi connectivity index (χ4n) is 2.94. The topological polar surface area (TPSA) is 35.5 Å². The van der Waals surface area contributed by atoms with Gasteiger partial charge in [-0.15, -0.1) is 0 Å². The van der Waals surface area contributed by atoms with Crippen molar-refractivity contribution in [3.8, 4) is 0 Å². The van der Waals surface area contributed by atoms with E-state index in [1.54, 1.807) is 0 Å². The molecule has 0 atom stereocenters. The van der Waals surface area contributed by atoms with Crippen molar-refractivity contribution in [1.82, 2.24) is 0 Å². The molecule has 2 aromatic carbocycles. The van der Waals surface area contributed by atoms with Crippen molar-refractivity contribution in [2.75, 3.05) is 46.5 Å². The van der Waals surface area contributed by atoms with E-state index in [0.29, 0.717) is 6.61 Å². The largest absolute Gasteiger partial charge is 0.370 e. The summed E-state index contributed by atoms with van der Waals surface area (Å²) >= 11 is 0. The van der Waals surface area contributed by atoms with Crippen molar-refractivity contribution in [2.45, 2.75) is 0 Å². The van der Waals surface area contributed by atoms with Crippen molar-refractivity contribution in [1.29, 1.82) is 0 Å². The second-order valence-corrected chi connectivity index (χ2v) is 8.85. The Kier molecular flexibility index (Phi) is 5.52. The highest BCUT2D eigenvalue weighted by molar-refractivity contribution is 7.74. The van der Waals surface area contributed by atoms with E-state index in [1.165, 1.54) is 0 Å². The van der Waals surface area contributed by atoms with Crippen LogP contribution in [-0.2, 0) is 13.8 Å². The average Bonchev–Trinajstić information content (AvgIpc) is 2.63. The molecule has 0 radical (unpaired) electrons. The van der Waals surface area contributed by atoms with Gasteiger partial charge in [0.1, 0.15) is 26.2 Å². The molecule has 128 valence electrons. The number of morpholine rings is 1. The van der Waals surface area contributed by atoms with Crippen LogP contribution in [0.4, 0.5) is 0 Å². The standard InChI is InChI=1S/C19H25NO3P/c1-20(12-15-22-16-13-20)14-17-23-24(21,18-8-4-2-5-9-18)19-10-6-3-7-11-19/h2-11H,12-17H2,1H3/q+1. The lowest BCUT2D eigenvalue weighted by atomic mass is 10.3. The van der Waals surface area contributed by atoms with Crippen LogP contribution in [0.5, 0.6) is 0 Å². The van der Waals surface area contributed by atoms with E-state index < -0.39 is 7.37 Å². The molecule has 4 nitrogen and oxygen atoms in total. The van der Waals surface area contributed by atoms with Crippen LogP contribution in [0.3, 0.4) is 0 Å². The van der Waals surface area contributed by atoms with Crippen molar-refractivity contribution >= 4 is 18.0 Å². The molecule has 1 aliphatic heterocycles. The second kappa shape index (κ2) is 7.62. The number of benzene rings is 2. The monoisotopic (exact) mass is 346 g/mol. The van der Waals surface area contributed by atoms with Crippen molar-refractivity contribution in [2.24, 2.45) is 0 Å². The Bertz CT molecular complexity index is 641. The lowest BCUT2D eigenvalue weighted by Gasteiger charge is -2.37. The zero-order valence-corrected chi connectivity index (χ0v) is 15.0. The molecule has 1 saturated heterocycles. The van der Waals surface area contributed by atoms with Crippen LogP contribution in [0.25, 0.3) is 0 Å². The van der Waals surface area contributed by atoms with E-state index in [-0.39, 0.29) is 0 Å². The molecule has 1 fully saturated rings. The van der Waals surface area contributed by atoms with Crippen LogP contribution in [0, 0.1) is 0 Å². The molecular weight excluding hydrogens is 321 g/mol. The van der Waals surface area contributed by atoms with Gasteiger partial charge in [0.2, 0.25) is 0 Å². The molecule has 0 amide bonds. The molecule has 0 spiro atoms. The Morgan fingerprint density at radius 2 is 1.46 bits per heavy atom. The second-order valence-electron chi connectivity index (χ2n) is 6.46. The van der Waals surface area contributed by atoms with Crippen LogP contribution in [-0.4, -0.2) is 51.0 Å². The van der Waals surface area contributed by atoms with Gasteiger partial charge in [-0.25, -0.2) is 0 Å². The number of nitrogens with zero attached hydrogens (tertiary/aromatic N) is 1. The van der Waals surface area contributed by atoms with Gasteiger partial charge in [0.15, 0.2) is 0 Å². The van der Waals surface area contributed by atoms with Crippen LogP contribution in [0.2, 0.25) is 0 Å². The molecule has 0 N–H and O–H groups in total. The van der Waals surface area contributed by atoms with Gasteiger partial charge in [-0.1, -0.05) is 36.4 Å². The Morgan fingerprint density at radius 1 is 0.958 bits per heavy atom. The summed E-state index contributed by atoms with van der Waals surface area (Å²) in [7, 11) is -0.853. The molecule has 2 aromatic rings. The third-order valence-corrected chi connectivity index (χ3v) is 7.15. The van der Waals surface area contributed by atoms with E-state index in [4.69, 9.17) is 9.26 Å². The molecule has 0 bridgehead atoms. The summed E-state index contributed by atoms with van der Waals surface area (Å²) in [5.74, 6) is 0. The number of rotatable bonds is 6. The summed E-state index contributed by atoms with van der Waals surface area (Å²) in [5.41, 5.74) is 0. The van der Waals surface area contributed by atoms with Gasteiger partial charge in [-0.3, -0.25) is 4.57 Å². The van der Waals surface area contributed by atoms with Gasteiger partial charge in [0, 0.05) is 10.6 Å². The molecule has 0 unspecified atom stereocenters. The first-order valence-corrected chi connectivity index (χ1v) is 10.0. The number of hydrogen-bond acceptors (Lipinski definition) is 3. The zero-order valence-electron chi connectivity index (χ0n) is 14.1. The summed E-state index contributed by atoms with van der Waals surface area (Å²) in [5, 5.41) is 1.50. The number of ether oxygens (including phenoxy) is 1. The number of hydrogen-bond donors (Lipinski definition) is 0. The SMILES string of the molecule is C[N+]1(CCOP(=O)(c2ccccc2)c2ccccc2)CCOCC1. The minimum atomic E-state index is -3.06.